The van der Waals surface area contributed by atoms with Gasteiger partial charge in [0, 0.05) is 11.9 Å². The molecule has 1 aromatic carbocycles. The van der Waals surface area contributed by atoms with Gasteiger partial charge in [-0.1, -0.05) is 0 Å². The van der Waals surface area contributed by atoms with Crippen LogP contribution in [0.5, 0.6) is 0 Å². The molecule has 0 atom stereocenters. The number of nitrogens with zero attached hydrogens (tertiary/aromatic N) is 3. The van der Waals surface area contributed by atoms with Crippen molar-refractivity contribution >= 4 is 11.6 Å². The zero-order valence-corrected chi connectivity index (χ0v) is 13.6. The van der Waals surface area contributed by atoms with Gasteiger partial charge in [-0.25, -0.2) is 0 Å². The van der Waals surface area contributed by atoms with Crippen LogP contribution in [0.15, 0.2) is 24.5 Å². The number of anilines is 1. The summed E-state index contributed by atoms with van der Waals surface area (Å²) in [7, 11) is 0. The summed E-state index contributed by atoms with van der Waals surface area (Å²) in [5, 5.41) is 16.2. The largest absolute Gasteiger partial charge is 0.324 e. The number of aryl methyl sites for hydroxylation is 1. The lowest BCUT2D eigenvalue weighted by Gasteiger charge is -2.25. The molecule has 5 heteroatoms. The van der Waals surface area contributed by atoms with Crippen LogP contribution >= 0.6 is 0 Å². The SMILES string of the molecule is Cc1cnn(C(C)(C)C(=O)Nc2ccc(C#N)c(C)c2C)c1. The molecule has 0 saturated carbocycles. The molecule has 2 aromatic rings. The van der Waals surface area contributed by atoms with Gasteiger partial charge < -0.3 is 5.32 Å². The van der Waals surface area contributed by atoms with E-state index in [0.717, 1.165) is 22.4 Å². The van der Waals surface area contributed by atoms with E-state index in [-0.39, 0.29) is 5.91 Å². The highest BCUT2D eigenvalue weighted by Crippen LogP contribution is 2.24. The van der Waals surface area contributed by atoms with E-state index in [2.05, 4.69) is 16.5 Å². The molecule has 114 valence electrons. The topological polar surface area (TPSA) is 70.7 Å². The van der Waals surface area contributed by atoms with Crippen molar-refractivity contribution in [2.75, 3.05) is 5.32 Å². The summed E-state index contributed by atoms with van der Waals surface area (Å²) in [6, 6.07) is 5.64. The third-order valence-electron chi connectivity index (χ3n) is 4.00. The van der Waals surface area contributed by atoms with Gasteiger partial charge in [0.1, 0.15) is 5.54 Å². The Hall–Kier alpha value is -2.61. The number of amides is 1. The molecule has 0 aliphatic heterocycles. The Morgan fingerprint density at radius 3 is 2.50 bits per heavy atom. The monoisotopic (exact) mass is 296 g/mol. The summed E-state index contributed by atoms with van der Waals surface area (Å²) in [4.78, 5) is 12.6. The van der Waals surface area contributed by atoms with Crippen LogP contribution in [0.4, 0.5) is 5.69 Å². The van der Waals surface area contributed by atoms with Crippen molar-refractivity contribution in [2.24, 2.45) is 0 Å². The van der Waals surface area contributed by atoms with Gasteiger partial charge in [0.05, 0.1) is 17.8 Å². The molecule has 0 aliphatic carbocycles. The molecule has 1 aromatic heterocycles. The standard InChI is InChI=1S/C17H20N4O/c1-11-9-19-21(10-11)17(4,5)16(22)20-15-7-6-14(8-18)12(2)13(15)3/h6-7,9-10H,1-5H3,(H,20,22). The third kappa shape index (κ3) is 2.73. The Morgan fingerprint density at radius 2 is 1.95 bits per heavy atom. The second kappa shape index (κ2) is 5.64. The number of carbonyl (C=O) groups is 1. The summed E-state index contributed by atoms with van der Waals surface area (Å²) in [6.45, 7) is 9.36. The minimum atomic E-state index is -0.803. The van der Waals surface area contributed by atoms with Crippen molar-refractivity contribution in [1.29, 1.82) is 5.26 Å². The van der Waals surface area contributed by atoms with Crippen molar-refractivity contribution in [3.05, 3.63) is 46.8 Å². The van der Waals surface area contributed by atoms with E-state index < -0.39 is 5.54 Å². The maximum absolute atomic E-state index is 12.6. The Labute approximate surface area is 130 Å². The number of rotatable bonds is 3. The molecule has 5 nitrogen and oxygen atoms in total. The fourth-order valence-electron chi connectivity index (χ4n) is 2.18. The highest BCUT2D eigenvalue weighted by atomic mass is 16.2. The number of nitriles is 1. The Bertz CT molecular complexity index is 765. The highest BCUT2D eigenvalue weighted by Gasteiger charge is 2.31. The molecular formula is C17H20N4O. The van der Waals surface area contributed by atoms with Gasteiger partial charge in [0.15, 0.2) is 0 Å². The van der Waals surface area contributed by atoms with E-state index in [0.29, 0.717) is 5.56 Å². The van der Waals surface area contributed by atoms with E-state index in [1.54, 1.807) is 23.0 Å². The molecule has 0 bridgehead atoms. The first kappa shape index (κ1) is 15.8. The van der Waals surface area contributed by atoms with Gasteiger partial charge in [-0.2, -0.15) is 10.4 Å². The molecule has 0 saturated heterocycles. The van der Waals surface area contributed by atoms with Crippen LogP contribution in [0.1, 0.15) is 36.1 Å². The summed E-state index contributed by atoms with van der Waals surface area (Å²) < 4.78 is 1.66. The van der Waals surface area contributed by atoms with Crippen LogP contribution in [0.3, 0.4) is 0 Å². The van der Waals surface area contributed by atoms with Gasteiger partial charge >= 0.3 is 0 Å². The normalized spacial score (nSPS) is 11.1. The predicted molar refractivity (Wildman–Crippen MR) is 85.5 cm³/mol. The number of aromatic nitrogens is 2. The van der Waals surface area contributed by atoms with Gasteiger partial charge in [-0.15, -0.1) is 0 Å². The first-order valence-electron chi connectivity index (χ1n) is 7.11. The van der Waals surface area contributed by atoms with E-state index in [1.165, 1.54) is 0 Å². The Balaban J connectivity index is 2.30. The molecule has 1 N–H and O–H groups in total. The number of hydrogen-bond donors (Lipinski definition) is 1. The smallest absolute Gasteiger partial charge is 0.251 e. The predicted octanol–water partition coefficient (Wildman–Crippen LogP) is 3.05. The first-order chi connectivity index (χ1) is 10.3. The minimum absolute atomic E-state index is 0.150. The molecule has 0 aliphatic rings. The van der Waals surface area contributed by atoms with Gasteiger partial charge in [-0.3, -0.25) is 9.48 Å². The van der Waals surface area contributed by atoms with Crippen LogP contribution < -0.4 is 5.32 Å². The fraction of sp³-hybridized carbons (Fsp3) is 0.353. The number of benzene rings is 1. The maximum Gasteiger partial charge on any atom is 0.251 e. The average Bonchev–Trinajstić information content (AvgIpc) is 2.91. The zero-order valence-electron chi connectivity index (χ0n) is 13.6. The van der Waals surface area contributed by atoms with Crippen LogP contribution in [-0.4, -0.2) is 15.7 Å². The third-order valence-corrected chi connectivity index (χ3v) is 4.00. The summed E-state index contributed by atoms with van der Waals surface area (Å²) >= 11 is 0. The minimum Gasteiger partial charge on any atom is -0.324 e. The molecule has 1 amide bonds. The van der Waals surface area contributed by atoms with Gasteiger partial charge in [-0.05, 0) is 63.4 Å². The number of carbonyl (C=O) groups excluding carboxylic acids is 1. The Kier molecular flexibility index (Phi) is 4.05. The van der Waals surface area contributed by atoms with Crippen LogP contribution in [0.2, 0.25) is 0 Å². The lowest BCUT2D eigenvalue weighted by molar-refractivity contribution is -0.123. The lowest BCUT2D eigenvalue weighted by atomic mass is 10.0. The molecule has 0 fully saturated rings. The van der Waals surface area contributed by atoms with E-state index >= 15 is 0 Å². The Morgan fingerprint density at radius 1 is 1.27 bits per heavy atom. The van der Waals surface area contributed by atoms with E-state index in [1.807, 2.05) is 40.8 Å². The quantitative estimate of drug-likeness (QED) is 0.946. The van der Waals surface area contributed by atoms with Gasteiger partial charge in [0.25, 0.3) is 5.91 Å². The van der Waals surface area contributed by atoms with Crippen molar-refractivity contribution < 1.29 is 4.79 Å². The van der Waals surface area contributed by atoms with Crippen molar-refractivity contribution in [1.82, 2.24) is 9.78 Å². The first-order valence-corrected chi connectivity index (χ1v) is 7.11. The molecule has 1 heterocycles. The molecular weight excluding hydrogens is 276 g/mol. The number of nitrogens with one attached hydrogen (secondary N) is 1. The van der Waals surface area contributed by atoms with Crippen LogP contribution in [-0.2, 0) is 10.3 Å². The maximum atomic E-state index is 12.6. The van der Waals surface area contributed by atoms with Crippen LogP contribution in [0, 0.1) is 32.1 Å². The van der Waals surface area contributed by atoms with E-state index in [9.17, 15) is 4.79 Å². The zero-order chi connectivity index (χ0) is 16.5. The summed E-state index contributed by atoms with van der Waals surface area (Å²) in [5.74, 6) is -0.150. The second-order valence-electron chi connectivity index (χ2n) is 6.00. The van der Waals surface area contributed by atoms with E-state index in [4.69, 9.17) is 5.26 Å². The summed E-state index contributed by atoms with van der Waals surface area (Å²) in [6.07, 6.45) is 3.57. The molecule has 0 spiro atoms. The second-order valence-corrected chi connectivity index (χ2v) is 6.00. The molecule has 0 radical (unpaired) electrons. The average molecular weight is 296 g/mol. The summed E-state index contributed by atoms with van der Waals surface area (Å²) in [5.41, 5.74) is 3.33. The van der Waals surface area contributed by atoms with Crippen molar-refractivity contribution in [3.63, 3.8) is 0 Å². The van der Waals surface area contributed by atoms with Crippen LogP contribution in [0.25, 0.3) is 0 Å². The highest BCUT2D eigenvalue weighted by molar-refractivity contribution is 5.96. The fourth-order valence-corrected chi connectivity index (χ4v) is 2.18. The lowest BCUT2D eigenvalue weighted by Crippen LogP contribution is -2.40. The molecule has 22 heavy (non-hydrogen) atoms. The molecule has 0 unspecified atom stereocenters. The van der Waals surface area contributed by atoms with Crippen molar-refractivity contribution in [2.45, 2.75) is 40.2 Å². The van der Waals surface area contributed by atoms with Crippen molar-refractivity contribution in [3.8, 4) is 6.07 Å². The number of hydrogen-bond acceptors (Lipinski definition) is 3. The van der Waals surface area contributed by atoms with Gasteiger partial charge in [0.2, 0.25) is 0 Å². The molecule has 2 rings (SSSR count).